The summed E-state index contributed by atoms with van der Waals surface area (Å²) in [6.07, 6.45) is 4.02. The SMILES string of the molecule is COc1cc(N)ccc1NC(=O)CN1CC2CCCC2C1. The largest absolute Gasteiger partial charge is 0.494 e. The van der Waals surface area contributed by atoms with Gasteiger partial charge in [-0.3, -0.25) is 9.69 Å². The van der Waals surface area contributed by atoms with E-state index in [1.54, 1.807) is 25.3 Å². The van der Waals surface area contributed by atoms with Crippen LogP contribution in [0.4, 0.5) is 11.4 Å². The van der Waals surface area contributed by atoms with Crippen LogP contribution in [0.1, 0.15) is 19.3 Å². The number of nitrogen functional groups attached to an aromatic ring is 1. The number of anilines is 2. The summed E-state index contributed by atoms with van der Waals surface area (Å²) in [4.78, 5) is 14.5. The minimum absolute atomic E-state index is 0.0121. The highest BCUT2D eigenvalue weighted by Gasteiger charge is 2.36. The maximum Gasteiger partial charge on any atom is 0.238 e. The van der Waals surface area contributed by atoms with Gasteiger partial charge >= 0.3 is 0 Å². The molecule has 0 bridgehead atoms. The number of carbonyl (C=O) groups excluding carboxylic acids is 1. The van der Waals surface area contributed by atoms with Crippen molar-refractivity contribution in [2.75, 3.05) is 37.8 Å². The van der Waals surface area contributed by atoms with Crippen molar-refractivity contribution in [2.24, 2.45) is 11.8 Å². The fourth-order valence-electron chi connectivity index (χ4n) is 3.67. The lowest BCUT2D eigenvalue weighted by atomic mass is 10.0. The van der Waals surface area contributed by atoms with Gasteiger partial charge in [0.15, 0.2) is 0 Å². The van der Waals surface area contributed by atoms with Crippen LogP contribution in [-0.2, 0) is 4.79 Å². The van der Waals surface area contributed by atoms with Gasteiger partial charge in [0, 0.05) is 24.8 Å². The first-order valence-electron chi connectivity index (χ1n) is 7.61. The molecular formula is C16H23N3O2. The van der Waals surface area contributed by atoms with E-state index in [2.05, 4.69) is 10.2 Å². The number of likely N-dealkylation sites (tertiary alicyclic amines) is 1. The zero-order chi connectivity index (χ0) is 14.8. The Morgan fingerprint density at radius 1 is 1.38 bits per heavy atom. The van der Waals surface area contributed by atoms with Crippen molar-refractivity contribution in [1.82, 2.24) is 4.90 Å². The number of nitrogens with two attached hydrogens (primary N) is 1. The molecule has 2 atom stereocenters. The van der Waals surface area contributed by atoms with Crippen molar-refractivity contribution < 1.29 is 9.53 Å². The van der Waals surface area contributed by atoms with Crippen LogP contribution in [0.3, 0.4) is 0 Å². The van der Waals surface area contributed by atoms with E-state index in [1.807, 2.05) is 0 Å². The van der Waals surface area contributed by atoms with Crippen LogP contribution in [0.25, 0.3) is 0 Å². The van der Waals surface area contributed by atoms with E-state index >= 15 is 0 Å². The van der Waals surface area contributed by atoms with Gasteiger partial charge in [-0.2, -0.15) is 0 Å². The highest BCUT2D eigenvalue weighted by atomic mass is 16.5. The Bertz CT molecular complexity index is 520. The molecule has 5 heteroatoms. The van der Waals surface area contributed by atoms with Crippen LogP contribution in [0.2, 0.25) is 0 Å². The molecule has 1 heterocycles. The second-order valence-electron chi connectivity index (χ2n) is 6.15. The van der Waals surface area contributed by atoms with Crippen LogP contribution in [0.15, 0.2) is 18.2 Å². The molecule has 5 nitrogen and oxygen atoms in total. The Balaban J connectivity index is 1.57. The lowest BCUT2D eigenvalue weighted by Gasteiger charge is -2.17. The first kappa shape index (κ1) is 14.2. The van der Waals surface area contributed by atoms with Gasteiger partial charge in [-0.05, 0) is 36.8 Å². The Morgan fingerprint density at radius 3 is 2.76 bits per heavy atom. The number of methoxy groups -OCH3 is 1. The van der Waals surface area contributed by atoms with Gasteiger partial charge in [0.2, 0.25) is 5.91 Å². The van der Waals surface area contributed by atoms with Gasteiger partial charge in [0.25, 0.3) is 0 Å². The second-order valence-corrected chi connectivity index (χ2v) is 6.15. The highest BCUT2D eigenvalue weighted by molar-refractivity contribution is 5.94. The number of hydrogen-bond donors (Lipinski definition) is 2. The van der Waals surface area contributed by atoms with Crippen molar-refractivity contribution in [2.45, 2.75) is 19.3 Å². The number of fused-ring (bicyclic) bond motifs is 1. The van der Waals surface area contributed by atoms with Crippen LogP contribution >= 0.6 is 0 Å². The maximum atomic E-state index is 12.2. The summed E-state index contributed by atoms with van der Waals surface area (Å²) < 4.78 is 5.25. The van der Waals surface area contributed by atoms with Crippen molar-refractivity contribution in [3.63, 3.8) is 0 Å². The molecule has 3 rings (SSSR count). The predicted molar refractivity (Wildman–Crippen MR) is 83.3 cm³/mol. The summed E-state index contributed by atoms with van der Waals surface area (Å²) in [6.45, 7) is 2.59. The van der Waals surface area contributed by atoms with E-state index in [1.165, 1.54) is 19.3 Å². The maximum absolute atomic E-state index is 12.2. The van der Waals surface area contributed by atoms with E-state index in [0.717, 1.165) is 24.9 Å². The van der Waals surface area contributed by atoms with Gasteiger partial charge in [-0.1, -0.05) is 6.42 Å². The second kappa shape index (κ2) is 5.93. The fourth-order valence-corrected chi connectivity index (χ4v) is 3.67. The number of nitrogens with one attached hydrogen (secondary N) is 1. The molecule has 1 saturated carbocycles. The van der Waals surface area contributed by atoms with Crippen LogP contribution in [0.5, 0.6) is 5.75 Å². The van der Waals surface area contributed by atoms with E-state index in [0.29, 0.717) is 23.7 Å². The predicted octanol–water partition coefficient (Wildman–Crippen LogP) is 1.95. The van der Waals surface area contributed by atoms with Crippen LogP contribution in [0, 0.1) is 11.8 Å². The Morgan fingerprint density at radius 2 is 2.10 bits per heavy atom. The molecule has 1 amide bonds. The number of benzene rings is 1. The first-order valence-corrected chi connectivity index (χ1v) is 7.61. The van der Waals surface area contributed by atoms with Crippen molar-refractivity contribution in [1.29, 1.82) is 0 Å². The summed E-state index contributed by atoms with van der Waals surface area (Å²) in [5, 5.41) is 2.92. The molecule has 114 valence electrons. The molecule has 2 fully saturated rings. The van der Waals surface area contributed by atoms with Gasteiger partial charge in [-0.25, -0.2) is 0 Å². The lowest BCUT2D eigenvalue weighted by molar-refractivity contribution is -0.117. The molecule has 1 saturated heterocycles. The van der Waals surface area contributed by atoms with Gasteiger partial charge < -0.3 is 15.8 Å². The Hall–Kier alpha value is -1.75. The van der Waals surface area contributed by atoms with E-state index < -0.39 is 0 Å². The van der Waals surface area contributed by atoms with E-state index in [9.17, 15) is 4.79 Å². The molecule has 2 aliphatic rings. The average Bonchev–Trinajstić information content (AvgIpc) is 3.01. The minimum Gasteiger partial charge on any atom is -0.494 e. The molecule has 0 aromatic heterocycles. The zero-order valence-electron chi connectivity index (χ0n) is 12.5. The number of ether oxygens (including phenoxy) is 1. The van der Waals surface area contributed by atoms with Gasteiger partial charge in [0.1, 0.15) is 5.75 Å². The molecular weight excluding hydrogens is 266 g/mol. The van der Waals surface area contributed by atoms with Crippen molar-refractivity contribution >= 4 is 17.3 Å². The monoisotopic (exact) mass is 289 g/mol. The number of nitrogens with zero attached hydrogens (tertiary/aromatic N) is 1. The topological polar surface area (TPSA) is 67.6 Å². The fraction of sp³-hybridized carbons (Fsp3) is 0.562. The molecule has 0 spiro atoms. The molecule has 1 aliphatic heterocycles. The van der Waals surface area contributed by atoms with E-state index in [4.69, 9.17) is 10.5 Å². The molecule has 1 aliphatic carbocycles. The summed E-state index contributed by atoms with van der Waals surface area (Å²) in [5.41, 5.74) is 7.02. The molecule has 3 N–H and O–H groups in total. The third kappa shape index (κ3) is 3.13. The van der Waals surface area contributed by atoms with Crippen molar-refractivity contribution in [3.8, 4) is 5.75 Å². The smallest absolute Gasteiger partial charge is 0.238 e. The summed E-state index contributed by atoms with van der Waals surface area (Å²) >= 11 is 0. The Kier molecular flexibility index (Phi) is 4.01. The standard InChI is InChI=1S/C16H23N3O2/c1-21-15-7-13(17)5-6-14(15)18-16(20)10-19-8-11-3-2-4-12(11)9-19/h5-7,11-12H,2-4,8-10,17H2,1H3,(H,18,20). The van der Waals surface area contributed by atoms with Crippen LogP contribution in [-0.4, -0.2) is 37.6 Å². The minimum atomic E-state index is 0.0121. The molecule has 21 heavy (non-hydrogen) atoms. The number of amides is 1. The van der Waals surface area contributed by atoms with Crippen molar-refractivity contribution in [3.05, 3.63) is 18.2 Å². The normalized spacial score (nSPS) is 24.8. The molecule has 2 unspecified atom stereocenters. The quantitative estimate of drug-likeness (QED) is 0.831. The van der Waals surface area contributed by atoms with Gasteiger partial charge in [-0.15, -0.1) is 0 Å². The number of hydrogen-bond acceptors (Lipinski definition) is 4. The highest BCUT2D eigenvalue weighted by Crippen LogP contribution is 2.37. The number of rotatable bonds is 4. The summed E-state index contributed by atoms with van der Waals surface area (Å²) in [5.74, 6) is 2.23. The first-order chi connectivity index (χ1) is 10.2. The third-order valence-electron chi connectivity index (χ3n) is 4.67. The average molecular weight is 289 g/mol. The van der Waals surface area contributed by atoms with Crippen LogP contribution < -0.4 is 15.8 Å². The number of carbonyl (C=O) groups is 1. The third-order valence-corrected chi connectivity index (χ3v) is 4.67. The summed E-state index contributed by atoms with van der Waals surface area (Å²) in [6, 6.07) is 5.26. The zero-order valence-corrected chi connectivity index (χ0v) is 12.5. The lowest BCUT2D eigenvalue weighted by Crippen LogP contribution is -2.32. The summed E-state index contributed by atoms with van der Waals surface area (Å²) in [7, 11) is 1.58. The molecule has 0 radical (unpaired) electrons. The molecule has 1 aromatic carbocycles. The van der Waals surface area contributed by atoms with Gasteiger partial charge in [0.05, 0.1) is 19.3 Å². The molecule has 1 aromatic rings. The Labute approximate surface area is 125 Å². The van der Waals surface area contributed by atoms with E-state index in [-0.39, 0.29) is 5.91 Å².